The number of rotatable bonds is 5. The molecule has 1 unspecified atom stereocenters. The molecule has 114 valence electrons. The van der Waals surface area contributed by atoms with Gasteiger partial charge in [0.05, 0.1) is 12.2 Å². The third kappa shape index (κ3) is 3.41. The third-order valence-corrected chi connectivity index (χ3v) is 4.35. The zero-order chi connectivity index (χ0) is 14.8. The highest BCUT2D eigenvalue weighted by atomic mass is 16.5. The molecule has 0 amide bonds. The van der Waals surface area contributed by atoms with Gasteiger partial charge in [0.2, 0.25) is 0 Å². The fourth-order valence-corrected chi connectivity index (χ4v) is 3.40. The quantitative estimate of drug-likeness (QED) is 0.811. The molecule has 0 aromatic carbocycles. The number of ether oxygens (including phenoxy) is 1. The number of quaternary nitrogens is 1. The number of Topliss-reactive ketones (excluding diaryl/α,β-unsaturated/α-hetero) is 1. The van der Waals surface area contributed by atoms with Crippen LogP contribution < -0.4 is 4.90 Å². The molecule has 0 aromatic heterocycles. The highest BCUT2D eigenvalue weighted by molar-refractivity contribution is 5.97. The second-order valence-corrected chi connectivity index (χ2v) is 6.96. The summed E-state index contributed by atoms with van der Waals surface area (Å²) < 4.78 is 5.20. The van der Waals surface area contributed by atoms with E-state index in [1.165, 1.54) is 10.6 Å². The number of nitrogens with one attached hydrogen (secondary N) is 1. The highest BCUT2D eigenvalue weighted by Crippen LogP contribution is 2.38. The molecule has 0 saturated carbocycles. The van der Waals surface area contributed by atoms with Crippen LogP contribution in [0.4, 0.5) is 0 Å². The van der Waals surface area contributed by atoms with Crippen molar-refractivity contribution >= 4 is 5.78 Å². The van der Waals surface area contributed by atoms with Crippen LogP contribution in [0.15, 0.2) is 11.3 Å². The fraction of sp³-hybridized carbons (Fsp3) is 0.812. The predicted molar refractivity (Wildman–Crippen MR) is 79.5 cm³/mol. The first-order valence-corrected chi connectivity index (χ1v) is 7.79. The van der Waals surface area contributed by atoms with E-state index < -0.39 is 0 Å². The summed E-state index contributed by atoms with van der Waals surface area (Å²) in [4.78, 5) is 16.4. The molecular weight excluding hydrogens is 252 g/mol. The lowest BCUT2D eigenvalue weighted by Gasteiger charge is -2.43. The Kier molecular flexibility index (Phi) is 4.86. The van der Waals surface area contributed by atoms with Gasteiger partial charge in [0, 0.05) is 25.8 Å². The molecule has 4 nitrogen and oxygen atoms in total. The average molecular weight is 281 g/mol. The van der Waals surface area contributed by atoms with Crippen molar-refractivity contribution < 1.29 is 14.4 Å². The van der Waals surface area contributed by atoms with Gasteiger partial charge in [0.1, 0.15) is 13.1 Å². The van der Waals surface area contributed by atoms with Gasteiger partial charge < -0.3 is 14.5 Å². The first-order chi connectivity index (χ1) is 9.46. The Hall–Kier alpha value is -0.870. The summed E-state index contributed by atoms with van der Waals surface area (Å²) in [6, 6.07) is 0. The van der Waals surface area contributed by atoms with Gasteiger partial charge in [-0.1, -0.05) is 20.8 Å². The molecule has 0 aromatic rings. The van der Waals surface area contributed by atoms with E-state index in [1.807, 2.05) is 0 Å². The third-order valence-electron chi connectivity index (χ3n) is 4.35. The van der Waals surface area contributed by atoms with Crippen molar-refractivity contribution in [2.75, 3.05) is 40.0 Å². The van der Waals surface area contributed by atoms with Gasteiger partial charge in [-0.25, -0.2) is 0 Å². The summed E-state index contributed by atoms with van der Waals surface area (Å²) in [5.74, 6) is 0.368. The number of methoxy groups -OCH3 is 1. The van der Waals surface area contributed by atoms with Gasteiger partial charge in [0.15, 0.2) is 12.5 Å². The van der Waals surface area contributed by atoms with Gasteiger partial charge in [0.25, 0.3) is 0 Å². The maximum atomic E-state index is 12.5. The standard InChI is InChI=1S/C16H28N2O2/c1-5-6-18-12-17(7-8-20-4)11-13-14(18)9-16(2,3)10-15(13)19/h5-12H2,1-4H3/p+1. The number of hydrogen-bond donors (Lipinski definition) is 1. The van der Waals surface area contributed by atoms with E-state index >= 15 is 0 Å². The Labute approximate surface area is 122 Å². The van der Waals surface area contributed by atoms with Crippen LogP contribution >= 0.6 is 0 Å². The predicted octanol–water partition coefficient (Wildman–Crippen LogP) is 0.844. The molecule has 2 aliphatic rings. The van der Waals surface area contributed by atoms with E-state index in [0.29, 0.717) is 12.2 Å². The summed E-state index contributed by atoms with van der Waals surface area (Å²) in [5.41, 5.74) is 2.54. The normalized spacial score (nSPS) is 25.9. The molecule has 2 rings (SSSR count). The molecule has 0 radical (unpaired) electrons. The van der Waals surface area contributed by atoms with Crippen LogP contribution in [0.5, 0.6) is 0 Å². The molecule has 1 atom stereocenters. The molecule has 1 aliphatic carbocycles. The first-order valence-electron chi connectivity index (χ1n) is 7.79. The van der Waals surface area contributed by atoms with Crippen molar-refractivity contribution in [1.29, 1.82) is 0 Å². The topological polar surface area (TPSA) is 34.0 Å². The van der Waals surface area contributed by atoms with Crippen molar-refractivity contribution in [3.8, 4) is 0 Å². The minimum Gasteiger partial charge on any atom is -0.379 e. The molecule has 1 N–H and O–H groups in total. The molecule has 20 heavy (non-hydrogen) atoms. The minimum atomic E-state index is 0.117. The Bertz CT molecular complexity index is 401. The van der Waals surface area contributed by atoms with Gasteiger partial charge in [-0.2, -0.15) is 0 Å². The summed E-state index contributed by atoms with van der Waals surface area (Å²) in [6.45, 7) is 11.3. The molecule has 0 bridgehead atoms. The van der Waals surface area contributed by atoms with Crippen molar-refractivity contribution in [3.05, 3.63) is 11.3 Å². The summed E-state index contributed by atoms with van der Waals surface area (Å²) >= 11 is 0. The van der Waals surface area contributed by atoms with E-state index in [-0.39, 0.29) is 5.41 Å². The molecule has 1 heterocycles. The zero-order valence-electron chi connectivity index (χ0n) is 13.4. The van der Waals surface area contributed by atoms with Crippen molar-refractivity contribution in [2.45, 2.75) is 40.0 Å². The van der Waals surface area contributed by atoms with Gasteiger partial charge in [-0.15, -0.1) is 0 Å². The maximum absolute atomic E-state index is 12.5. The molecule has 0 saturated heterocycles. The van der Waals surface area contributed by atoms with Crippen LogP contribution in [0.2, 0.25) is 0 Å². The number of carbonyl (C=O) groups excluding carboxylic acids is 1. The molecule has 1 aliphatic heterocycles. The average Bonchev–Trinajstić information content (AvgIpc) is 2.37. The largest absolute Gasteiger partial charge is 0.379 e. The van der Waals surface area contributed by atoms with Gasteiger partial charge in [-0.05, 0) is 18.3 Å². The molecule has 0 fully saturated rings. The number of ketones is 1. The van der Waals surface area contributed by atoms with E-state index in [9.17, 15) is 4.79 Å². The maximum Gasteiger partial charge on any atom is 0.166 e. The molecule has 0 spiro atoms. The smallest absolute Gasteiger partial charge is 0.166 e. The Morgan fingerprint density at radius 3 is 2.75 bits per heavy atom. The van der Waals surface area contributed by atoms with E-state index in [0.717, 1.165) is 51.3 Å². The number of allylic oxidation sites excluding steroid dienone is 1. The summed E-state index contributed by atoms with van der Waals surface area (Å²) in [7, 11) is 1.74. The van der Waals surface area contributed by atoms with E-state index in [4.69, 9.17) is 4.74 Å². The summed E-state index contributed by atoms with van der Waals surface area (Å²) in [6.07, 6.45) is 2.87. The second-order valence-electron chi connectivity index (χ2n) is 6.96. The van der Waals surface area contributed by atoms with E-state index in [2.05, 4.69) is 25.7 Å². The zero-order valence-corrected chi connectivity index (χ0v) is 13.4. The van der Waals surface area contributed by atoms with Crippen LogP contribution in [0.1, 0.15) is 40.0 Å². The van der Waals surface area contributed by atoms with Crippen LogP contribution in [-0.4, -0.2) is 50.7 Å². The number of hydrogen-bond acceptors (Lipinski definition) is 3. The highest BCUT2D eigenvalue weighted by Gasteiger charge is 2.39. The lowest BCUT2D eigenvalue weighted by atomic mass is 9.75. The minimum absolute atomic E-state index is 0.117. The lowest BCUT2D eigenvalue weighted by Crippen LogP contribution is -3.15. The Morgan fingerprint density at radius 2 is 2.10 bits per heavy atom. The van der Waals surface area contributed by atoms with Gasteiger partial charge >= 0.3 is 0 Å². The molecule has 4 heteroatoms. The van der Waals surface area contributed by atoms with Crippen LogP contribution in [0.25, 0.3) is 0 Å². The van der Waals surface area contributed by atoms with Crippen molar-refractivity contribution in [3.63, 3.8) is 0 Å². The van der Waals surface area contributed by atoms with Crippen LogP contribution in [0.3, 0.4) is 0 Å². The molecular formula is C16H29N2O2+. The summed E-state index contributed by atoms with van der Waals surface area (Å²) in [5, 5.41) is 0. The Balaban J connectivity index is 2.21. The van der Waals surface area contributed by atoms with Crippen molar-refractivity contribution in [2.24, 2.45) is 5.41 Å². The fourth-order valence-electron chi connectivity index (χ4n) is 3.40. The van der Waals surface area contributed by atoms with E-state index in [1.54, 1.807) is 7.11 Å². The van der Waals surface area contributed by atoms with Gasteiger partial charge in [-0.3, -0.25) is 4.79 Å². The van der Waals surface area contributed by atoms with Crippen molar-refractivity contribution in [1.82, 2.24) is 4.90 Å². The lowest BCUT2D eigenvalue weighted by molar-refractivity contribution is -0.907. The van der Waals surface area contributed by atoms with Crippen LogP contribution in [-0.2, 0) is 9.53 Å². The first kappa shape index (κ1) is 15.5. The SMILES string of the molecule is CCCN1C[NH+](CCOC)CC2=C1CC(C)(C)CC2=O. The Morgan fingerprint density at radius 1 is 1.35 bits per heavy atom. The monoisotopic (exact) mass is 281 g/mol. The second kappa shape index (κ2) is 6.27. The van der Waals surface area contributed by atoms with Crippen LogP contribution in [0, 0.1) is 5.41 Å². The number of nitrogens with zero attached hydrogens (tertiary/aromatic N) is 1. The number of carbonyl (C=O) groups is 1.